The molecule has 1 heterocycles. The Morgan fingerprint density at radius 2 is 2.27 bits per heavy atom. The van der Waals surface area contributed by atoms with Crippen molar-refractivity contribution >= 4 is 26.8 Å². The highest BCUT2D eigenvalue weighted by molar-refractivity contribution is 9.10. The molecule has 4 heteroatoms. The van der Waals surface area contributed by atoms with Crippen molar-refractivity contribution in [2.45, 2.75) is 6.10 Å². The molecule has 0 saturated heterocycles. The Kier molecular flexibility index (Phi) is 3.09. The minimum Gasteiger partial charge on any atom is -0.386 e. The molecule has 80 valence electrons. The van der Waals surface area contributed by atoms with Crippen molar-refractivity contribution in [1.82, 2.24) is 10.3 Å². The van der Waals surface area contributed by atoms with Gasteiger partial charge in [0.25, 0.3) is 0 Å². The van der Waals surface area contributed by atoms with Gasteiger partial charge >= 0.3 is 0 Å². The number of likely N-dealkylation sites (N-methyl/N-ethyl adjacent to an activating group) is 1. The molecular weight excluding hydrogens is 256 g/mol. The molecule has 0 aliphatic rings. The number of hydrogen-bond donors (Lipinski definition) is 3. The molecule has 1 aromatic carbocycles. The summed E-state index contributed by atoms with van der Waals surface area (Å²) in [6.07, 6.45) is -0.485. The number of benzene rings is 1. The molecule has 3 N–H and O–H groups in total. The van der Waals surface area contributed by atoms with Crippen LogP contribution in [0.1, 0.15) is 11.8 Å². The van der Waals surface area contributed by atoms with Crippen LogP contribution in [-0.4, -0.2) is 23.7 Å². The summed E-state index contributed by atoms with van der Waals surface area (Å²) in [7, 11) is 1.82. The van der Waals surface area contributed by atoms with Crippen molar-refractivity contribution in [3.8, 4) is 0 Å². The molecular formula is C11H13BrN2O. The van der Waals surface area contributed by atoms with Crippen LogP contribution in [-0.2, 0) is 0 Å². The zero-order valence-corrected chi connectivity index (χ0v) is 10.0. The first-order valence-corrected chi connectivity index (χ1v) is 5.61. The fraction of sp³-hybridized carbons (Fsp3) is 0.273. The zero-order chi connectivity index (χ0) is 10.8. The second-order valence-corrected chi connectivity index (χ2v) is 4.45. The summed E-state index contributed by atoms with van der Waals surface area (Å²) in [4.78, 5) is 3.20. The fourth-order valence-electron chi connectivity index (χ4n) is 1.61. The lowest BCUT2D eigenvalue weighted by Crippen LogP contribution is -2.16. The van der Waals surface area contributed by atoms with E-state index in [-0.39, 0.29) is 0 Å². The lowest BCUT2D eigenvalue weighted by atomic mass is 10.2. The van der Waals surface area contributed by atoms with Gasteiger partial charge in [0.15, 0.2) is 0 Å². The summed E-state index contributed by atoms with van der Waals surface area (Å²) in [6.45, 7) is 0.550. The van der Waals surface area contributed by atoms with E-state index in [1.807, 2.05) is 31.3 Å². The summed E-state index contributed by atoms with van der Waals surface area (Å²) >= 11 is 3.42. The number of aromatic amines is 1. The van der Waals surface area contributed by atoms with Gasteiger partial charge in [0.1, 0.15) is 6.10 Å². The van der Waals surface area contributed by atoms with Crippen molar-refractivity contribution in [2.24, 2.45) is 0 Å². The van der Waals surface area contributed by atoms with Crippen molar-refractivity contribution < 1.29 is 5.11 Å². The van der Waals surface area contributed by atoms with E-state index in [0.717, 1.165) is 21.1 Å². The van der Waals surface area contributed by atoms with Crippen molar-refractivity contribution in [3.05, 3.63) is 34.4 Å². The average molecular weight is 269 g/mol. The molecule has 2 rings (SSSR count). The first-order chi connectivity index (χ1) is 7.20. The molecule has 0 aliphatic heterocycles. The van der Waals surface area contributed by atoms with Crippen LogP contribution in [0.3, 0.4) is 0 Å². The molecule has 1 atom stereocenters. The Labute approximate surface area is 96.6 Å². The quantitative estimate of drug-likeness (QED) is 0.799. The predicted molar refractivity (Wildman–Crippen MR) is 64.9 cm³/mol. The number of fused-ring (bicyclic) bond motifs is 1. The summed E-state index contributed by atoms with van der Waals surface area (Å²) < 4.78 is 1.05. The normalized spacial score (nSPS) is 13.3. The second-order valence-electron chi connectivity index (χ2n) is 3.53. The zero-order valence-electron chi connectivity index (χ0n) is 8.42. The topological polar surface area (TPSA) is 48.0 Å². The van der Waals surface area contributed by atoms with Gasteiger partial charge in [0.2, 0.25) is 0 Å². The first kappa shape index (κ1) is 10.7. The van der Waals surface area contributed by atoms with E-state index in [0.29, 0.717) is 6.54 Å². The van der Waals surface area contributed by atoms with Gasteiger partial charge in [-0.05, 0) is 31.3 Å². The molecule has 0 fully saturated rings. The molecule has 0 amide bonds. The van der Waals surface area contributed by atoms with E-state index < -0.39 is 6.10 Å². The predicted octanol–water partition coefficient (Wildman–Crippen LogP) is 2.18. The van der Waals surface area contributed by atoms with Gasteiger partial charge in [0, 0.05) is 27.6 Å². The van der Waals surface area contributed by atoms with E-state index >= 15 is 0 Å². The number of halogens is 1. The average Bonchev–Trinajstić information content (AvgIpc) is 2.60. The third-order valence-electron chi connectivity index (χ3n) is 2.36. The van der Waals surface area contributed by atoms with Crippen LogP contribution in [0.5, 0.6) is 0 Å². The van der Waals surface area contributed by atoms with Crippen molar-refractivity contribution in [2.75, 3.05) is 13.6 Å². The number of H-pyrrole nitrogens is 1. The summed E-state index contributed by atoms with van der Waals surface area (Å²) in [5.74, 6) is 0. The van der Waals surface area contributed by atoms with Gasteiger partial charge in [-0.25, -0.2) is 0 Å². The van der Waals surface area contributed by atoms with Crippen LogP contribution >= 0.6 is 15.9 Å². The van der Waals surface area contributed by atoms with Crippen LogP contribution in [0, 0.1) is 0 Å². The molecule has 0 bridgehead atoms. The summed E-state index contributed by atoms with van der Waals surface area (Å²) in [5, 5.41) is 13.8. The van der Waals surface area contributed by atoms with Gasteiger partial charge in [-0.15, -0.1) is 0 Å². The SMILES string of the molecule is CNCC(O)c1cc2cc(Br)ccc2[nH]1. The highest BCUT2D eigenvalue weighted by atomic mass is 79.9. The number of aromatic nitrogens is 1. The number of aliphatic hydroxyl groups is 1. The van der Waals surface area contributed by atoms with Gasteiger partial charge < -0.3 is 15.4 Å². The number of rotatable bonds is 3. The third kappa shape index (κ3) is 2.22. The monoisotopic (exact) mass is 268 g/mol. The highest BCUT2D eigenvalue weighted by Gasteiger charge is 2.09. The molecule has 2 aromatic rings. The van der Waals surface area contributed by atoms with E-state index in [9.17, 15) is 5.11 Å². The molecule has 15 heavy (non-hydrogen) atoms. The van der Waals surface area contributed by atoms with E-state index in [1.165, 1.54) is 0 Å². The molecule has 0 aliphatic carbocycles. The highest BCUT2D eigenvalue weighted by Crippen LogP contribution is 2.23. The maximum absolute atomic E-state index is 9.79. The molecule has 0 spiro atoms. The fourth-order valence-corrected chi connectivity index (χ4v) is 1.99. The maximum atomic E-state index is 9.79. The van der Waals surface area contributed by atoms with Gasteiger partial charge in [-0.3, -0.25) is 0 Å². The van der Waals surface area contributed by atoms with Crippen LogP contribution in [0.2, 0.25) is 0 Å². The van der Waals surface area contributed by atoms with E-state index in [4.69, 9.17) is 0 Å². The summed E-state index contributed by atoms with van der Waals surface area (Å²) in [6, 6.07) is 7.98. The van der Waals surface area contributed by atoms with E-state index in [2.05, 4.69) is 26.2 Å². The lowest BCUT2D eigenvalue weighted by molar-refractivity contribution is 0.174. The largest absolute Gasteiger partial charge is 0.386 e. The van der Waals surface area contributed by atoms with Gasteiger partial charge in [-0.1, -0.05) is 15.9 Å². The Morgan fingerprint density at radius 3 is 3.00 bits per heavy atom. The second kappa shape index (κ2) is 4.35. The molecule has 3 nitrogen and oxygen atoms in total. The molecule has 1 aromatic heterocycles. The number of aliphatic hydroxyl groups excluding tert-OH is 1. The first-order valence-electron chi connectivity index (χ1n) is 4.81. The smallest absolute Gasteiger partial charge is 0.106 e. The summed E-state index contributed by atoms with van der Waals surface area (Å²) in [5.41, 5.74) is 1.89. The Morgan fingerprint density at radius 1 is 1.47 bits per heavy atom. The maximum Gasteiger partial charge on any atom is 0.106 e. The minimum absolute atomic E-state index is 0.485. The molecule has 1 unspecified atom stereocenters. The van der Waals surface area contributed by atoms with Crippen molar-refractivity contribution in [1.29, 1.82) is 0 Å². The Bertz CT molecular complexity index is 467. The Hall–Kier alpha value is -0.840. The number of hydrogen-bond acceptors (Lipinski definition) is 2. The lowest BCUT2D eigenvalue weighted by Gasteiger charge is -2.06. The third-order valence-corrected chi connectivity index (χ3v) is 2.85. The van der Waals surface area contributed by atoms with Crippen LogP contribution in [0.25, 0.3) is 10.9 Å². The molecule has 0 radical (unpaired) electrons. The Balaban J connectivity index is 2.38. The van der Waals surface area contributed by atoms with Crippen LogP contribution < -0.4 is 5.32 Å². The number of nitrogens with one attached hydrogen (secondary N) is 2. The van der Waals surface area contributed by atoms with E-state index in [1.54, 1.807) is 0 Å². The van der Waals surface area contributed by atoms with Gasteiger partial charge in [-0.2, -0.15) is 0 Å². The van der Waals surface area contributed by atoms with Gasteiger partial charge in [0.05, 0.1) is 0 Å². The van der Waals surface area contributed by atoms with Crippen molar-refractivity contribution in [3.63, 3.8) is 0 Å². The minimum atomic E-state index is -0.485. The van der Waals surface area contributed by atoms with Crippen LogP contribution in [0.15, 0.2) is 28.7 Å². The standard InChI is InChI=1S/C11H13BrN2O/c1-13-6-11(15)10-5-7-4-8(12)2-3-9(7)14-10/h2-5,11,13-15H,6H2,1H3. The molecule has 0 saturated carbocycles. The van der Waals surface area contributed by atoms with Crippen LogP contribution in [0.4, 0.5) is 0 Å².